The zero-order valence-corrected chi connectivity index (χ0v) is 10.8. The summed E-state index contributed by atoms with van der Waals surface area (Å²) in [5.41, 5.74) is 2.13. The van der Waals surface area contributed by atoms with Crippen LogP contribution in [-0.4, -0.2) is 21.7 Å². The summed E-state index contributed by atoms with van der Waals surface area (Å²) in [6.07, 6.45) is 3.65. The Kier molecular flexibility index (Phi) is 3.14. The Morgan fingerprint density at radius 1 is 1.11 bits per heavy atom. The third-order valence-electron chi connectivity index (χ3n) is 3.06. The molecular weight excluding hydrogens is 238 g/mol. The van der Waals surface area contributed by atoms with Gasteiger partial charge in [-0.2, -0.15) is 5.10 Å². The first-order valence-electron chi connectivity index (χ1n) is 6.28. The Morgan fingerprint density at radius 2 is 2.05 bits per heavy atom. The van der Waals surface area contributed by atoms with Crippen molar-refractivity contribution in [1.82, 2.24) is 14.6 Å². The molecule has 0 aliphatic rings. The summed E-state index contributed by atoms with van der Waals surface area (Å²) in [7, 11) is 1.68. The van der Waals surface area contributed by atoms with Gasteiger partial charge < -0.3 is 4.74 Å². The van der Waals surface area contributed by atoms with E-state index in [0.29, 0.717) is 0 Å². The molecule has 0 aliphatic carbocycles. The van der Waals surface area contributed by atoms with Crippen molar-refractivity contribution < 1.29 is 4.74 Å². The predicted molar refractivity (Wildman–Crippen MR) is 73.4 cm³/mol. The molecule has 96 valence electrons. The maximum atomic E-state index is 5.22. The molecule has 0 saturated heterocycles. The topological polar surface area (TPSA) is 39.4 Å². The molecule has 0 amide bonds. The van der Waals surface area contributed by atoms with Crippen molar-refractivity contribution in [2.75, 3.05) is 7.11 Å². The molecule has 0 fully saturated rings. The average Bonchev–Trinajstić information content (AvgIpc) is 2.88. The number of nitrogens with zero attached hydrogens (tertiary/aromatic N) is 3. The van der Waals surface area contributed by atoms with E-state index in [-0.39, 0.29) is 0 Å². The molecular formula is C15H15N3O. The van der Waals surface area contributed by atoms with Crippen LogP contribution in [0.2, 0.25) is 0 Å². The lowest BCUT2D eigenvalue weighted by Gasteiger charge is -2.02. The second-order valence-corrected chi connectivity index (χ2v) is 4.38. The van der Waals surface area contributed by atoms with Gasteiger partial charge in [-0.1, -0.05) is 18.2 Å². The molecule has 2 aromatic heterocycles. The lowest BCUT2D eigenvalue weighted by molar-refractivity contribution is 0.414. The predicted octanol–water partition coefficient (Wildman–Crippen LogP) is 2.52. The van der Waals surface area contributed by atoms with E-state index in [0.717, 1.165) is 30.1 Å². The van der Waals surface area contributed by atoms with Gasteiger partial charge in [0, 0.05) is 12.6 Å². The van der Waals surface area contributed by atoms with Gasteiger partial charge in [0.1, 0.15) is 5.75 Å². The van der Waals surface area contributed by atoms with Crippen molar-refractivity contribution in [3.8, 4) is 5.75 Å². The van der Waals surface area contributed by atoms with Crippen LogP contribution in [0.4, 0.5) is 0 Å². The van der Waals surface area contributed by atoms with Crippen LogP contribution < -0.4 is 4.74 Å². The highest BCUT2D eigenvalue weighted by Gasteiger charge is 2.03. The molecule has 19 heavy (non-hydrogen) atoms. The Bertz CT molecular complexity index is 657. The third kappa shape index (κ3) is 2.57. The summed E-state index contributed by atoms with van der Waals surface area (Å²) >= 11 is 0. The van der Waals surface area contributed by atoms with E-state index in [9.17, 15) is 0 Å². The standard InChI is InChI=1S/C15H15N3O/c1-19-13-6-4-5-12(11-13)8-9-14-16-15-7-2-3-10-18(15)17-14/h2-7,10-11H,8-9H2,1H3. The van der Waals surface area contributed by atoms with Crippen LogP contribution in [-0.2, 0) is 12.8 Å². The van der Waals surface area contributed by atoms with Gasteiger partial charge in [0.05, 0.1) is 7.11 Å². The van der Waals surface area contributed by atoms with Crippen molar-refractivity contribution in [3.05, 3.63) is 60.0 Å². The highest BCUT2D eigenvalue weighted by Crippen LogP contribution is 2.14. The minimum Gasteiger partial charge on any atom is -0.497 e. The maximum absolute atomic E-state index is 5.22. The number of fused-ring (bicyclic) bond motifs is 1. The highest BCUT2D eigenvalue weighted by molar-refractivity contribution is 5.36. The summed E-state index contributed by atoms with van der Waals surface area (Å²) in [4.78, 5) is 4.49. The number of hydrogen-bond donors (Lipinski definition) is 0. The van der Waals surface area contributed by atoms with Crippen LogP contribution in [0.3, 0.4) is 0 Å². The van der Waals surface area contributed by atoms with Crippen molar-refractivity contribution in [2.45, 2.75) is 12.8 Å². The van der Waals surface area contributed by atoms with Gasteiger partial charge in [0.15, 0.2) is 11.5 Å². The fourth-order valence-electron chi connectivity index (χ4n) is 2.07. The summed E-state index contributed by atoms with van der Waals surface area (Å²) in [5.74, 6) is 1.76. The van der Waals surface area contributed by atoms with E-state index in [4.69, 9.17) is 4.74 Å². The first-order chi connectivity index (χ1) is 9.35. The fraction of sp³-hybridized carbons (Fsp3) is 0.200. The Hall–Kier alpha value is -2.36. The van der Waals surface area contributed by atoms with Crippen LogP contribution in [0.5, 0.6) is 5.75 Å². The Morgan fingerprint density at radius 3 is 2.89 bits per heavy atom. The van der Waals surface area contributed by atoms with Crippen molar-refractivity contribution in [2.24, 2.45) is 0 Å². The van der Waals surface area contributed by atoms with Crippen LogP contribution in [0.15, 0.2) is 48.7 Å². The fourth-order valence-corrected chi connectivity index (χ4v) is 2.07. The molecule has 0 spiro atoms. The number of aryl methyl sites for hydroxylation is 2. The second kappa shape index (κ2) is 5.10. The molecule has 0 bridgehead atoms. The van der Waals surface area contributed by atoms with Crippen LogP contribution in [0, 0.1) is 0 Å². The molecule has 0 radical (unpaired) electrons. The summed E-state index contributed by atoms with van der Waals surface area (Å²) in [6, 6.07) is 14.0. The van der Waals surface area contributed by atoms with Crippen LogP contribution >= 0.6 is 0 Å². The molecule has 0 unspecified atom stereocenters. The van der Waals surface area contributed by atoms with Crippen LogP contribution in [0.1, 0.15) is 11.4 Å². The van der Waals surface area contributed by atoms with Gasteiger partial charge in [0.2, 0.25) is 0 Å². The van der Waals surface area contributed by atoms with Gasteiger partial charge in [-0.3, -0.25) is 0 Å². The van der Waals surface area contributed by atoms with Gasteiger partial charge >= 0.3 is 0 Å². The number of aromatic nitrogens is 3. The van der Waals surface area contributed by atoms with E-state index in [1.165, 1.54) is 5.56 Å². The Balaban J connectivity index is 1.74. The summed E-state index contributed by atoms with van der Waals surface area (Å²) < 4.78 is 7.03. The monoisotopic (exact) mass is 253 g/mol. The van der Waals surface area contributed by atoms with Gasteiger partial charge in [-0.05, 0) is 36.2 Å². The first-order valence-corrected chi connectivity index (χ1v) is 6.28. The van der Waals surface area contributed by atoms with Gasteiger partial charge in [0.25, 0.3) is 0 Å². The Labute approximate surface area is 111 Å². The molecule has 3 aromatic rings. The molecule has 0 N–H and O–H groups in total. The zero-order chi connectivity index (χ0) is 13.1. The van der Waals surface area contributed by atoms with Gasteiger partial charge in [-0.25, -0.2) is 9.50 Å². The quantitative estimate of drug-likeness (QED) is 0.717. The molecule has 0 saturated carbocycles. The van der Waals surface area contributed by atoms with E-state index in [1.54, 1.807) is 11.6 Å². The van der Waals surface area contributed by atoms with E-state index in [2.05, 4.69) is 22.2 Å². The summed E-state index contributed by atoms with van der Waals surface area (Å²) in [6.45, 7) is 0. The lowest BCUT2D eigenvalue weighted by Crippen LogP contribution is -1.95. The first kappa shape index (κ1) is 11.7. The highest BCUT2D eigenvalue weighted by atomic mass is 16.5. The SMILES string of the molecule is COc1cccc(CCc2nc3ccccn3n2)c1. The zero-order valence-electron chi connectivity index (χ0n) is 10.8. The number of benzene rings is 1. The average molecular weight is 253 g/mol. The minimum absolute atomic E-state index is 0.828. The molecule has 2 heterocycles. The van der Waals surface area contributed by atoms with Crippen molar-refractivity contribution in [1.29, 1.82) is 0 Å². The molecule has 0 atom stereocenters. The van der Waals surface area contributed by atoms with E-state index >= 15 is 0 Å². The molecule has 4 nitrogen and oxygen atoms in total. The number of pyridine rings is 1. The van der Waals surface area contributed by atoms with Crippen molar-refractivity contribution in [3.63, 3.8) is 0 Å². The maximum Gasteiger partial charge on any atom is 0.155 e. The van der Waals surface area contributed by atoms with Crippen molar-refractivity contribution >= 4 is 5.65 Å². The largest absolute Gasteiger partial charge is 0.497 e. The molecule has 4 heteroatoms. The molecule has 1 aromatic carbocycles. The number of hydrogen-bond acceptors (Lipinski definition) is 3. The lowest BCUT2D eigenvalue weighted by atomic mass is 10.1. The molecule has 0 aliphatic heterocycles. The number of rotatable bonds is 4. The third-order valence-corrected chi connectivity index (χ3v) is 3.06. The summed E-state index contributed by atoms with van der Waals surface area (Å²) in [5, 5.41) is 4.44. The van der Waals surface area contributed by atoms with Gasteiger partial charge in [-0.15, -0.1) is 0 Å². The number of ether oxygens (including phenoxy) is 1. The van der Waals surface area contributed by atoms with E-state index < -0.39 is 0 Å². The van der Waals surface area contributed by atoms with E-state index in [1.807, 2.05) is 36.5 Å². The number of methoxy groups -OCH3 is 1. The smallest absolute Gasteiger partial charge is 0.155 e. The normalized spacial score (nSPS) is 10.8. The second-order valence-electron chi connectivity index (χ2n) is 4.38. The molecule has 3 rings (SSSR count). The van der Waals surface area contributed by atoms with Crippen LogP contribution in [0.25, 0.3) is 5.65 Å². The minimum atomic E-state index is 0.828.